The van der Waals surface area contributed by atoms with Gasteiger partial charge in [0.1, 0.15) is 0 Å². The van der Waals surface area contributed by atoms with Gasteiger partial charge in [-0.2, -0.15) is 0 Å². The predicted molar refractivity (Wildman–Crippen MR) is 122 cm³/mol. The Morgan fingerprint density at radius 3 is 1.31 bits per heavy atom. The van der Waals surface area contributed by atoms with Gasteiger partial charge in [-0.15, -0.1) is 10.6 Å². The predicted octanol–water partition coefficient (Wildman–Crippen LogP) is 8.28. The topological polar surface area (TPSA) is 9.23 Å². The molecule has 0 aliphatic carbocycles. The van der Waals surface area contributed by atoms with Crippen molar-refractivity contribution in [2.45, 2.75) is 117 Å². The molecule has 26 heavy (non-hydrogen) atoms. The summed E-state index contributed by atoms with van der Waals surface area (Å²) in [7, 11) is 0. The molecule has 2 atom stereocenters. The zero-order chi connectivity index (χ0) is 20.2. The van der Waals surface area contributed by atoms with Crippen LogP contribution in [0.2, 0.25) is 10.6 Å². The third-order valence-corrected chi connectivity index (χ3v) is 7.62. The van der Waals surface area contributed by atoms with E-state index in [9.17, 15) is 0 Å². The maximum Gasteiger partial charge on any atom is 0.200 e. The van der Waals surface area contributed by atoms with Gasteiger partial charge >= 0.3 is 0 Å². The van der Waals surface area contributed by atoms with Crippen molar-refractivity contribution >= 4 is 15.2 Å². The van der Waals surface area contributed by atoms with Crippen molar-refractivity contribution in [1.82, 2.24) is 0 Å². The smallest absolute Gasteiger partial charge is 0.200 e. The molecular formula is C24H52AlO. The van der Waals surface area contributed by atoms with Crippen LogP contribution in [0.25, 0.3) is 0 Å². The van der Waals surface area contributed by atoms with E-state index in [1.165, 1.54) is 61.9 Å². The fourth-order valence-corrected chi connectivity index (χ4v) is 4.49. The molecule has 0 aromatic rings. The molecule has 1 nitrogen and oxygen atoms in total. The molecule has 0 saturated carbocycles. The van der Waals surface area contributed by atoms with Crippen LogP contribution in [-0.2, 0) is 4.74 Å². The van der Waals surface area contributed by atoms with Crippen LogP contribution >= 0.6 is 0 Å². The molecule has 0 N–H and O–H groups in total. The van der Waals surface area contributed by atoms with Gasteiger partial charge in [0, 0.05) is 13.2 Å². The quantitative estimate of drug-likeness (QED) is 0.244. The van der Waals surface area contributed by atoms with Crippen LogP contribution in [0.4, 0.5) is 0 Å². The molecule has 0 heterocycles. The van der Waals surface area contributed by atoms with Crippen molar-refractivity contribution in [3.05, 3.63) is 0 Å². The third-order valence-electron chi connectivity index (χ3n) is 5.07. The van der Waals surface area contributed by atoms with Gasteiger partial charge in [-0.1, -0.05) is 106 Å². The van der Waals surface area contributed by atoms with Crippen molar-refractivity contribution in [2.75, 3.05) is 13.2 Å². The second-order valence-corrected chi connectivity index (χ2v) is 10.4. The van der Waals surface area contributed by atoms with Crippen molar-refractivity contribution in [3.63, 3.8) is 0 Å². The van der Waals surface area contributed by atoms with Gasteiger partial charge in [0.2, 0.25) is 15.2 Å². The lowest BCUT2D eigenvalue weighted by Gasteiger charge is -2.18. The second kappa shape index (κ2) is 21.8. The SMILES string of the molecule is CC(C)[CH2][Al][CH2]C(C)C.CCCCC(CC)COCC(CC)CCCC. The maximum atomic E-state index is 5.93. The first kappa shape index (κ1) is 28.7. The van der Waals surface area contributed by atoms with E-state index in [-0.39, 0.29) is 0 Å². The van der Waals surface area contributed by atoms with E-state index in [1.807, 2.05) is 0 Å². The minimum Gasteiger partial charge on any atom is -0.381 e. The third kappa shape index (κ3) is 22.5. The number of rotatable bonds is 16. The Morgan fingerprint density at radius 1 is 0.654 bits per heavy atom. The van der Waals surface area contributed by atoms with E-state index in [4.69, 9.17) is 4.74 Å². The van der Waals surface area contributed by atoms with Crippen LogP contribution in [0.3, 0.4) is 0 Å². The lowest BCUT2D eigenvalue weighted by molar-refractivity contribution is 0.0630. The van der Waals surface area contributed by atoms with E-state index < -0.39 is 0 Å². The van der Waals surface area contributed by atoms with E-state index in [2.05, 4.69) is 55.4 Å². The van der Waals surface area contributed by atoms with Crippen molar-refractivity contribution in [2.24, 2.45) is 23.7 Å². The first-order valence-corrected chi connectivity index (χ1v) is 13.4. The average Bonchev–Trinajstić information content (AvgIpc) is 2.60. The zero-order valence-corrected chi connectivity index (χ0v) is 20.9. The van der Waals surface area contributed by atoms with Gasteiger partial charge in [-0.3, -0.25) is 0 Å². The van der Waals surface area contributed by atoms with Crippen LogP contribution < -0.4 is 0 Å². The van der Waals surface area contributed by atoms with E-state index >= 15 is 0 Å². The Hall–Kier alpha value is 0.492. The van der Waals surface area contributed by atoms with Gasteiger partial charge in [0.15, 0.2) is 0 Å². The fraction of sp³-hybridized carbons (Fsp3) is 1.00. The first-order valence-electron chi connectivity index (χ1n) is 11.8. The van der Waals surface area contributed by atoms with Gasteiger partial charge in [0.25, 0.3) is 0 Å². The lowest BCUT2D eigenvalue weighted by Crippen LogP contribution is -2.14. The molecule has 1 radical (unpaired) electrons. The molecule has 0 fully saturated rings. The van der Waals surface area contributed by atoms with Crippen LogP contribution in [0, 0.1) is 23.7 Å². The highest BCUT2D eigenvalue weighted by molar-refractivity contribution is 6.35. The summed E-state index contributed by atoms with van der Waals surface area (Å²) in [5.74, 6) is 3.44. The van der Waals surface area contributed by atoms with Crippen LogP contribution in [-0.4, -0.2) is 28.4 Å². The highest BCUT2D eigenvalue weighted by atomic mass is 27.1. The van der Waals surface area contributed by atoms with Crippen LogP contribution in [0.1, 0.15) is 107 Å². The monoisotopic (exact) mass is 383 g/mol. The Balaban J connectivity index is 0. The molecule has 0 amide bonds. The van der Waals surface area contributed by atoms with Crippen LogP contribution in [0.5, 0.6) is 0 Å². The molecule has 0 saturated heterocycles. The maximum absolute atomic E-state index is 5.93. The molecule has 0 spiro atoms. The Morgan fingerprint density at radius 2 is 1.04 bits per heavy atom. The first-order chi connectivity index (χ1) is 12.4. The van der Waals surface area contributed by atoms with Crippen LogP contribution in [0.15, 0.2) is 0 Å². The second-order valence-electron chi connectivity index (χ2n) is 8.92. The largest absolute Gasteiger partial charge is 0.381 e. The molecule has 157 valence electrons. The average molecular weight is 384 g/mol. The molecule has 0 aliphatic rings. The summed E-state index contributed by atoms with van der Waals surface area (Å²) in [6, 6.07) is 0. The number of hydrogen-bond acceptors (Lipinski definition) is 1. The normalized spacial score (nSPS) is 13.5. The minimum absolute atomic E-state index is 0.755. The highest BCUT2D eigenvalue weighted by Crippen LogP contribution is 2.16. The Labute approximate surface area is 174 Å². The molecule has 0 bridgehead atoms. The van der Waals surface area contributed by atoms with E-state index in [0.29, 0.717) is 0 Å². The van der Waals surface area contributed by atoms with Crippen molar-refractivity contribution < 1.29 is 4.74 Å². The van der Waals surface area contributed by atoms with Gasteiger partial charge < -0.3 is 4.74 Å². The summed E-state index contributed by atoms with van der Waals surface area (Å²) in [5, 5.41) is 2.97. The highest BCUT2D eigenvalue weighted by Gasteiger charge is 2.09. The molecule has 0 aliphatic heterocycles. The summed E-state index contributed by atoms with van der Waals surface area (Å²) >= 11 is 0.755. The summed E-state index contributed by atoms with van der Waals surface area (Å²) in [6.45, 7) is 20.3. The number of unbranched alkanes of at least 4 members (excludes halogenated alkanes) is 2. The molecule has 0 rings (SSSR count). The van der Waals surface area contributed by atoms with Gasteiger partial charge in [-0.05, 0) is 24.7 Å². The molecule has 0 aromatic carbocycles. The minimum atomic E-state index is 0.755. The molecule has 0 aromatic heterocycles. The summed E-state index contributed by atoms with van der Waals surface area (Å²) in [4.78, 5) is 0. The standard InChI is InChI=1S/C16H34O.2C4H9.Al/c1-5-9-11-15(7-3)13-17-14-16(8-4)12-10-6-2;2*1-4(2)3;/h15-16H,5-14H2,1-4H3;2*4H,1H2,2-3H3;. The number of ether oxygens (including phenoxy) is 1. The molecular weight excluding hydrogens is 331 g/mol. The van der Waals surface area contributed by atoms with E-state index in [1.54, 1.807) is 0 Å². The zero-order valence-electron chi connectivity index (χ0n) is 19.8. The summed E-state index contributed by atoms with van der Waals surface area (Å²) < 4.78 is 5.93. The molecule has 2 heteroatoms. The summed E-state index contributed by atoms with van der Waals surface area (Å²) in [6.07, 6.45) is 10.6. The van der Waals surface area contributed by atoms with Crippen molar-refractivity contribution in [3.8, 4) is 0 Å². The lowest BCUT2D eigenvalue weighted by atomic mass is 9.99. The molecule has 2 unspecified atom stereocenters. The van der Waals surface area contributed by atoms with Gasteiger partial charge in [-0.25, -0.2) is 0 Å². The Bertz CT molecular complexity index is 229. The van der Waals surface area contributed by atoms with Crippen molar-refractivity contribution in [1.29, 1.82) is 0 Å². The Kier molecular flexibility index (Phi) is 24.1. The fourth-order valence-electron chi connectivity index (χ4n) is 2.96. The summed E-state index contributed by atoms with van der Waals surface area (Å²) in [5.41, 5.74) is 0. The van der Waals surface area contributed by atoms with Gasteiger partial charge in [0.05, 0.1) is 0 Å². The van der Waals surface area contributed by atoms with E-state index in [0.717, 1.165) is 52.1 Å². The number of hydrogen-bond donors (Lipinski definition) is 0.